The minimum absolute atomic E-state index is 0.123. The third-order valence-corrected chi connectivity index (χ3v) is 5.97. The zero-order valence-electron chi connectivity index (χ0n) is 17.3. The summed E-state index contributed by atoms with van der Waals surface area (Å²) < 4.78 is 11.3. The number of thioether (sulfide) groups is 1. The molecular weight excluding hydrogens is 424 g/mol. The van der Waals surface area contributed by atoms with E-state index in [0.29, 0.717) is 23.3 Å². The topological polar surface area (TPSA) is 84.7 Å². The van der Waals surface area contributed by atoms with Crippen LogP contribution in [0, 0.1) is 6.92 Å². The number of furan rings is 1. The van der Waals surface area contributed by atoms with E-state index < -0.39 is 0 Å². The Hall–Kier alpha value is -3.65. The lowest BCUT2D eigenvalue weighted by Crippen LogP contribution is -2.28. The molecule has 0 aliphatic carbocycles. The quantitative estimate of drug-likeness (QED) is 0.384. The maximum atomic E-state index is 13.1. The van der Waals surface area contributed by atoms with E-state index in [-0.39, 0.29) is 17.7 Å². The number of amides is 1. The second kappa shape index (κ2) is 8.84. The molecule has 2 aromatic carbocycles. The fraction of sp³-hybridized carbons (Fsp3) is 0.167. The van der Waals surface area contributed by atoms with Crippen molar-refractivity contribution in [1.29, 1.82) is 0 Å². The van der Waals surface area contributed by atoms with Crippen LogP contribution in [0.4, 0.5) is 0 Å². The van der Waals surface area contributed by atoms with Gasteiger partial charge in [0.2, 0.25) is 5.89 Å². The number of nitrogens with zero attached hydrogens (tertiary/aromatic N) is 4. The Morgan fingerprint density at radius 2 is 1.84 bits per heavy atom. The predicted molar refractivity (Wildman–Crippen MR) is 121 cm³/mol. The van der Waals surface area contributed by atoms with Gasteiger partial charge >= 0.3 is 0 Å². The Morgan fingerprint density at radius 1 is 1.03 bits per heavy atom. The van der Waals surface area contributed by atoms with Crippen molar-refractivity contribution in [2.24, 2.45) is 5.10 Å². The molecule has 0 N–H and O–H groups in total. The number of benzene rings is 2. The van der Waals surface area contributed by atoms with Crippen LogP contribution < -0.4 is 0 Å². The summed E-state index contributed by atoms with van der Waals surface area (Å²) in [6.45, 7) is 2.04. The van der Waals surface area contributed by atoms with Crippen molar-refractivity contribution in [3.8, 4) is 11.5 Å². The number of carbonyl (C=O) groups excluding carboxylic acids is 1. The number of aromatic nitrogens is 2. The summed E-state index contributed by atoms with van der Waals surface area (Å²) in [4.78, 5) is 13.1. The van der Waals surface area contributed by atoms with Crippen molar-refractivity contribution < 1.29 is 13.6 Å². The third-order valence-electron chi connectivity index (χ3n) is 5.17. The molecule has 0 saturated carbocycles. The fourth-order valence-corrected chi connectivity index (χ4v) is 4.13. The summed E-state index contributed by atoms with van der Waals surface area (Å²) in [5.74, 6) is 1.10. The van der Waals surface area contributed by atoms with E-state index in [4.69, 9.17) is 8.83 Å². The third kappa shape index (κ3) is 4.22. The molecule has 1 amide bonds. The molecule has 3 heterocycles. The van der Waals surface area contributed by atoms with Gasteiger partial charge in [-0.25, -0.2) is 5.01 Å². The van der Waals surface area contributed by atoms with Gasteiger partial charge in [0.05, 0.1) is 17.7 Å². The number of carbonyl (C=O) groups is 1. The molecule has 2 aromatic heterocycles. The van der Waals surface area contributed by atoms with E-state index in [1.165, 1.54) is 22.3 Å². The summed E-state index contributed by atoms with van der Waals surface area (Å²) >= 11 is 1.20. The minimum Gasteiger partial charge on any atom is -0.467 e. The molecule has 160 valence electrons. The lowest BCUT2D eigenvalue weighted by atomic mass is 10.0. The van der Waals surface area contributed by atoms with Gasteiger partial charge in [0.15, 0.2) is 0 Å². The second-order valence-electron chi connectivity index (χ2n) is 7.41. The van der Waals surface area contributed by atoms with Crippen LogP contribution in [0.15, 0.2) is 92.2 Å². The van der Waals surface area contributed by atoms with E-state index in [0.717, 1.165) is 16.8 Å². The van der Waals surface area contributed by atoms with E-state index in [9.17, 15) is 4.79 Å². The highest BCUT2D eigenvalue weighted by atomic mass is 32.2. The van der Waals surface area contributed by atoms with Crippen LogP contribution in [-0.2, 0) is 4.79 Å². The van der Waals surface area contributed by atoms with E-state index in [2.05, 4.69) is 15.3 Å². The van der Waals surface area contributed by atoms with Crippen molar-refractivity contribution in [1.82, 2.24) is 15.2 Å². The molecule has 1 aliphatic rings. The molecule has 0 spiro atoms. The molecule has 0 unspecified atom stereocenters. The smallest absolute Gasteiger partial charge is 0.277 e. The first-order valence-electron chi connectivity index (χ1n) is 10.2. The zero-order chi connectivity index (χ0) is 21.9. The molecule has 0 saturated heterocycles. The number of hydrazone groups is 1. The summed E-state index contributed by atoms with van der Waals surface area (Å²) in [7, 11) is 0. The molecule has 1 aliphatic heterocycles. The van der Waals surface area contributed by atoms with Crippen LogP contribution in [0.25, 0.3) is 11.5 Å². The fourth-order valence-electron chi connectivity index (χ4n) is 3.52. The Bertz CT molecular complexity index is 1230. The van der Waals surface area contributed by atoms with Crippen LogP contribution in [0.2, 0.25) is 0 Å². The minimum atomic E-state index is -0.281. The Balaban J connectivity index is 1.32. The number of aryl methyl sites for hydroxylation is 1. The normalized spacial score (nSPS) is 15.7. The summed E-state index contributed by atoms with van der Waals surface area (Å²) in [5.41, 5.74) is 3.87. The summed E-state index contributed by atoms with van der Waals surface area (Å²) in [5, 5.41) is 14.6. The van der Waals surface area contributed by atoms with Crippen LogP contribution in [0.5, 0.6) is 0 Å². The number of hydrogen-bond donors (Lipinski definition) is 0. The number of rotatable bonds is 6. The Morgan fingerprint density at radius 3 is 2.59 bits per heavy atom. The largest absolute Gasteiger partial charge is 0.467 e. The van der Waals surface area contributed by atoms with Crippen molar-refractivity contribution in [2.75, 3.05) is 5.75 Å². The lowest BCUT2D eigenvalue weighted by molar-refractivity contribution is -0.130. The molecule has 0 fully saturated rings. The lowest BCUT2D eigenvalue weighted by Gasteiger charge is -2.19. The molecule has 8 heteroatoms. The highest BCUT2D eigenvalue weighted by molar-refractivity contribution is 7.99. The maximum absolute atomic E-state index is 13.1. The van der Waals surface area contributed by atoms with Gasteiger partial charge in [-0.1, -0.05) is 59.8 Å². The van der Waals surface area contributed by atoms with Crippen molar-refractivity contribution >= 4 is 23.4 Å². The Labute approximate surface area is 189 Å². The van der Waals surface area contributed by atoms with Gasteiger partial charge in [-0.05, 0) is 36.8 Å². The van der Waals surface area contributed by atoms with Crippen LogP contribution in [0.1, 0.15) is 29.3 Å². The highest BCUT2D eigenvalue weighted by Crippen LogP contribution is 2.34. The van der Waals surface area contributed by atoms with Crippen molar-refractivity contribution in [2.45, 2.75) is 24.6 Å². The zero-order valence-corrected chi connectivity index (χ0v) is 18.2. The average Bonchev–Trinajstić information content (AvgIpc) is 3.59. The monoisotopic (exact) mass is 444 g/mol. The van der Waals surface area contributed by atoms with Crippen LogP contribution in [-0.4, -0.2) is 32.6 Å². The average molecular weight is 445 g/mol. The highest BCUT2D eigenvalue weighted by Gasteiger charge is 2.35. The molecule has 7 nitrogen and oxygen atoms in total. The Kier molecular flexibility index (Phi) is 5.60. The van der Waals surface area contributed by atoms with Gasteiger partial charge in [-0.3, -0.25) is 4.79 Å². The summed E-state index contributed by atoms with van der Waals surface area (Å²) in [6, 6.07) is 21.1. The number of hydrogen-bond acceptors (Lipinski definition) is 7. The van der Waals surface area contributed by atoms with Crippen molar-refractivity contribution in [3.63, 3.8) is 0 Å². The maximum Gasteiger partial charge on any atom is 0.277 e. The van der Waals surface area contributed by atoms with E-state index in [1.54, 1.807) is 6.26 Å². The van der Waals surface area contributed by atoms with Gasteiger partial charge < -0.3 is 8.83 Å². The van der Waals surface area contributed by atoms with Crippen molar-refractivity contribution in [3.05, 3.63) is 89.9 Å². The molecule has 4 aromatic rings. The molecule has 5 rings (SSSR count). The summed E-state index contributed by atoms with van der Waals surface area (Å²) in [6.07, 6.45) is 2.20. The first-order valence-corrected chi connectivity index (χ1v) is 11.2. The molecule has 1 atom stereocenters. The van der Waals surface area contributed by atoms with Gasteiger partial charge in [0.25, 0.3) is 11.1 Å². The van der Waals surface area contributed by atoms with Gasteiger partial charge in [0, 0.05) is 12.0 Å². The first kappa shape index (κ1) is 20.3. The van der Waals surface area contributed by atoms with Gasteiger partial charge in [0.1, 0.15) is 11.8 Å². The predicted octanol–water partition coefficient (Wildman–Crippen LogP) is 5.11. The molecule has 0 radical (unpaired) electrons. The van der Waals surface area contributed by atoms with Gasteiger partial charge in [-0.15, -0.1) is 10.2 Å². The van der Waals surface area contributed by atoms with Crippen LogP contribution >= 0.6 is 11.8 Å². The SMILES string of the molecule is Cc1ccc(C2=NN(C(=O)CSc3nnc(-c4ccccc4)o3)[C@H](c3ccco3)C2)cc1. The van der Waals surface area contributed by atoms with Crippen LogP contribution in [0.3, 0.4) is 0 Å². The van der Waals surface area contributed by atoms with E-state index in [1.807, 2.05) is 73.7 Å². The molecule has 32 heavy (non-hydrogen) atoms. The molecule has 0 bridgehead atoms. The molecular formula is C24H20N4O3S. The first-order chi connectivity index (χ1) is 15.7. The van der Waals surface area contributed by atoms with E-state index >= 15 is 0 Å². The van der Waals surface area contributed by atoms with Gasteiger partial charge in [-0.2, -0.15) is 5.10 Å². The second-order valence-corrected chi connectivity index (χ2v) is 8.34. The standard InChI is InChI=1S/C24H20N4O3S/c1-16-9-11-17(12-10-16)19-14-20(21-8-5-13-30-21)28(27-19)22(29)15-32-24-26-25-23(31-24)18-6-3-2-4-7-18/h2-13,20H,14-15H2,1H3/t20-/m0/s1.